The molecule has 0 unspecified atom stereocenters. The normalized spacial score (nSPS) is 11.8. The molecule has 0 aliphatic heterocycles. The van der Waals surface area contributed by atoms with Gasteiger partial charge in [-0.25, -0.2) is 4.39 Å². The number of rotatable bonds is 6. The Morgan fingerprint density at radius 2 is 1.88 bits per heavy atom. The highest BCUT2D eigenvalue weighted by Crippen LogP contribution is 2.29. The molecule has 1 aromatic carbocycles. The summed E-state index contributed by atoms with van der Waals surface area (Å²) < 4.78 is 18.5. The molecule has 0 fully saturated rings. The van der Waals surface area contributed by atoms with Crippen LogP contribution in [0.15, 0.2) is 24.3 Å². The van der Waals surface area contributed by atoms with Gasteiger partial charge in [-0.05, 0) is 18.1 Å². The van der Waals surface area contributed by atoms with Crippen molar-refractivity contribution in [3.8, 4) is 0 Å². The Labute approximate surface area is 94.5 Å². The van der Waals surface area contributed by atoms with Crippen LogP contribution in [0, 0.1) is 5.82 Å². The van der Waals surface area contributed by atoms with E-state index in [1.807, 2.05) is 0 Å². The van der Waals surface area contributed by atoms with E-state index in [2.05, 4.69) is 0 Å². The van der Waals surface area contributed by atoms with Crippen molar-refractivity contribution in [1.82, 2.24) is 0 Å². The van der Waals surface area contributed by atoms with Crippen molar-refractivity contribution in [2.24, 2.45) is 0 Å². The minimum atomic E-state index is -0.971. The standard InChI is InChI=1S/C12H17FO3/c1-16-7-6-12(8-14,9-15)10-4-2-3-5-11(10)13/h2-5,14-15H,6-9H2,1H3. The number of methoxy groups -OCH3 is 1. The second-order valence-corrected chi connectivity index (χ2v) is 3.82. The Kier molecular flexibility index (Phi) is 4.86. The molecule has 16 heavy (non-hydrogen) atoms. The largest absolute Gasteiger partial charge is 0.395 e. The lowest BCUT2D eigenvalue weighted by Crippen LogP contribution is -2.37. The molecule has 0 aliphatic rings. The third-order valence-electron chi connectivity index (χ3n) is 2.84. The third kappa shape index (κ3) is 2.58. The first-order valence-corrected chi connectivity index (χ1v) is 5.16. The first-order chi connectivity index (χ1) is 7.70. The summed E-state index contributed by atoms with van der Waals surface area (Å²) in [6, 6.07) is 6.17. The lowest BCUT2D eigenvalue weighted by Gasteiger charge is -2.30. The summed E-state index contributed by atoms with van der Waals surface area (Å²) in [5, 5.41) is 18.8. The van der Waals surface area contributed by atoms with Crippen molar-refractivity contribution in [1.29, 1.82) is 0 Å². The van der Waals surface area contributed by atoms with Gasteiger partial charge in [-0.3, -0.25) is 0 Å². The van der Waals surface area contributed by atoms with Gasteiger partial charge in [-0.15, -0.1) is 0 Å². The summed E-state index contributed by atoms with van der Waals surface area (Å²) in [5.74, 6) is -0.415. The zero-order chi connectivity index (χ0) is 12.0. The topological polar surface area (TPSA) is 49.7 Å². The number of hydrogen-bond acceptors (Lipinski definition) is 3. The number of halogens is 1. The molecule has 4 heteroatoms. The molecule has 0 amide bonds. The second-order valence-electron chi connectivity index (χ2n) is 3.82. The van der Waals surface area contributed by atoms with Crippen LogP contribution in [0.1, 0.15) is 12.0 Å². The van der Waals surface area contributed by atoms with E-state index in [-0.39, 0.29) is 13.2 Å². The van der Waals surface area contributed by atoms with Gasteiger partial charge in [0.15, 0.2) is 0 Å². The summed E-state index contributed by atoms with van der Waals surface area (Å²) in [5.41, 5.74) is -0.640. The van der Waals surface area contributed by atoms with Crippen molar-refractivity contribution in [3.63, 3.8) is 0 Å². The smallest absolute Gasteiger partial charge is 0.127 e. The fourth-order valence-electron chi connectivity index (χ4n) is 1.70. The first kappa shape index (κ1) is 13.1. The summed E-state index contributed by atoms with van der Waals surface area (Å²) in [4.78, 5) is 0. The van der Waals surface area contributed by atoms with Crippen LogP contribution in [0.25, 0.3) is 0 Å². The molecule has 3 nitrogen and oxygen atoms in total. The Bertz CT molecular complexity index is 324. The van der Waals surface area contributed by atoms with E-state index >= 15 is 0 Å². The zero-order valence-electron chi connectivity index (χ0n) is 9.32. The van der Waals surface area contributed by atoms with Crippen LogP contribution in [0.4, 0.5) is 4.39 Å². The van der Waals surface area contributed by atoms with Gasteiger partial charge in [0.2, 0.25) is 0 Å². The molecule has 0 spiro atoms. The predicted molar refractivity (Wildman–Crippen MR) is 58.7 cm³/mol. The van der Waals surface area contributed by atoms with Crippen molar-refractivity contribution >= 4 is 0 Å². The maximum absolute atomic E-state index is 13.6. The van der Waals surface area contributed by atoms with Crippen LogP contribution in [0.5, 0.6) is 0 Å². The summed E-state index contributed by atoms with van der Waals surface area (Å²) >= 11 is 0. The fourth-order valence-corrected chi connectivity index (χ4v) is 1.70. The molecule has 0 saturated heterocycles. The average Bonchev–Trinajstić information content (AvgIpc) is 2.33. The zero-order valence-corrected chi connectivity index (χ0v) is 9.32. The predicted octanol–water partition coefficient (Wildman–Crippen LogP) is 1.08. The molecule has 2 N–H and O–H groups in total. The summed E-state index contributed by atoms with van der Waals surface area (Å²) in [6.45, 7) is -0.267. The lowest BCUT2D eigenvalue weighted by molar-refractivity contribution is 0.0772. The molecule has 0 saturated carbocycles. The van der Waals surface area contributed by atoms with Gasteiger partial charge in [0, 0.05) is 19.1 Å². The number of aliphatic hydroxyl groups is 2. The van der Waals surface area contributed by atoms with E-state index < -0.39 is 11.2 Å². The van der Waals surface area contributed by atoms with Crippen molar-refractivity contribution in [2.45, 2.75) is 11.8 Å². The molecule has 90 valence electrons. The minimum absolute atomic E-state index is 0.312. The molecular formula is C12H17FO3. The van der Waals surface area contributed by atoms with Crippen molar-refractivity contribution in [3.05, 3.63) is 35.6 Å². The quantitative estimate of drug-likeness (QED) is 0.766. The molecule has 0 aliphatic carbocycles. The van der Waals surface area contributed by atoms with Gasteiger partial charge < -0.3 is 14.9 Å². The van der Waals surface area contributed by atoms with Gasteiger partial charge in [0.05, 0.1) is 13.2 Å². The van der Waals surface area contributed by atoms with E-state index in [9.17, 15) is 14.6 Å². The summed E-state index contributed by atoms with van der Waals surface area (Å²) in [6.07, 6.45) is 0.372. The highest BCUT2D eigenvalue weighted by molar-refractivity contribution is 5.27. The van der Waals surface area contributed by atoms with E-state index in [0.29, 0.717) is 18.6 Å². The van der Waals surface area contributed by atoms with Crippen LogP contribution in [0.2, 0.25) is 0 Å². The van der Waals surface area contributed by atoms with E-state index in [1.54, 1.807) is 18.2 Å². The molecule has 0 atom stereocenters. The van der Waals surface area contributed by atoms with Crippen molar-refractivity contribution in [2.75, 3.05) is 26.9 Å². The van der Waals surface area contributed by atoms with Crippen LogP contribution in [0.3, 0.4) is 0 Å². The van der Waals surface area contributed by atoms with E-state index in [4.69, 9.17) is 4.74 Å². The molecule has 0 bridgehead atoms. The van der Waals surface area contributed by atoms with Crippen LogP contribution >= 0.6 is 0 Å². The maximum atomic E-state index is 13.6. The summed E-state index contributed by atoms with van der Waals surface area (Å²) in [7, 11) is 1.53. The molecular weight excluding hydrogens is 211 g/mol. The monoisotopic (exact) mass is 228 g/mol. The van der Waals surface area contributed by atoms with Crippen LogP contribution < -0.4 is 0 Å². The average molecular weight is 228 g/mol. The minimum Gasteiger partial charge on any atom is -0.395 e. The molecule has 0 radical (unpaired) electrons. The number of benzene rings is 1. The van der Waals surface area contributed by atoms with Gasteiger partial charge in [0.25, 0.3) is 0 Å². The molecule has 1 rings (SSSR count). The van der Waals surface area contributed by atoms with Gasteiger partial charge in [-0.2, -0.15) is 0 Å². The van der Waals surface area contributed by atoms with Crippen LogP contribution in [-0.2, 0) is 10.2 Å². The highest BCUT2D eigenvalue weighted by Gasteiger charge is 2.33. The van der Waals surface area contributed by atoms with Gasteiger partial charge >= 0.3 is 0 Å². The maximum Gasteiger partial charge on any atom is 0.127 e. The van der Waals surface area contributed by atoms with Gasteiger partial charge in [0.1, 0.15) is 5.82 Å². The second kappa shape index (κ2) is 5.94. The van der Waals surface area contributed by atoms with Crippen molar-refractivity contribution < 1.29 is 19.3 Å². The van der Waals surface area contributed by atoms with E-state index in [1.165, 1.54) is 13.2 Å². The Balaban J connectivity index is 3.05. The number of aliphatic hydroxyl groups excluding tert-OH is 2. The lowest BCUT2D eigenvalue weighted by atomic mass is 9.79. The fraction of sp³-hybridized carbons (Fsp3) is 0.500. The number of ether oxygens (including phenoxy) is 1. The molecule has 0 aromatic heterocycles. The van der Waals surface area contributed by atoms with E-state index in [0.717, 1.165) is 0 Å². The van der Waals surface area contributed by atoms with Crippen LogP contribution in [-0.4, -0.2) is 37.1 Å². The Morgan fingerprint density at radius 3 is 2.38 bits per heavy atom. The molecule has 0 heterocycles. The molecule has 1 aromatic rings. The first-order valence-electron chi connectivity index (χ1n) is 5.16. The van der Waals surface area contributed by atoms with Gasteiger partial charge in [-0.1, -0.05) is 18.2 Å². The highest BCUT2D eigenvalue weighted by atomic mass is 19.1. The third-order valence-corrected chi connectivity index (χ3v) is 2.84. The Morgan fingerprint density at radius 1 is 1.25 bits per heavy atom. The number of hydrogen-bond donors (Lipinski definition) is 2. The SMILES string of the molecule is COCCC(CO)(CO)c1ccccc1F. The Hall–Kier alpha value is -0.970.